The largest absolute Gasteiger partial charge is 0.462 e. The molecule has 0 aliphatic rings. The number of hydrogen-bond donors (Lipinski definition) is 0. The lowest BCUT2D eigenvalue weighted by Crippen LogP contribution is -2.30. The van der Waals surface area contributed by atoms with Gasteiger partial charge in [-0.25, -0.2) is 0 Å². The monoisotopic (exact) mass is 903 g/mol. The second-order valence-electron chi connectivity index (χ2n) is 19.6. The zero-order chi connectivity index (χ0) is 46.5. The van der Waals surface area contributed by atoms with Crippen molar-refractivity contribution in [2.75, 3.05) is 13.2 Å². The van der Waals surface area contributed by atoms with Crippen molar-refractivity contribution < 1.29 is 28.6 Å². The molecule has 0 rings (SSSR count). The predicted octanol–water partition coefficient (Wildman–Crippen LogP) is 18.9. The van der Waals surface area contributed by atoms with Gasteiger partial charge in [-0.05, 0) is 44.9 Å². The zero-order valence-corrected chi connectivity index (χ0v) is 43.3. The van der Waals surface area contributed by atoms with E-state index in [0.29, 0.717) is 19.3 Å². The lowest BCUT2D eigenvalue weighted by Gasteiger charge is -2.18. The highest BCUT2D eigenvalue weighted by Crippen LogP contribution is 2.17. The van der Waals surface area contributed by atoms with Gasteiger partial charge < -0.3 is 14.2 Å². The van der Waals surface area contributed by atoms with Crippen molar-refractivity contribution in [1.29, 1.82) is 0 Å². The van der Waals surface area contributed by atoms with Crippen LogP contribution >= 0.6 is 0 Å². The summed E-state index contributed by atoms with van der Waals surface area (Å²) in [6, 6.07) is 0. The minimum absolute atomic E-state index is 0.0648. The maximum Gasteiger partial charge on any atom is 0.306 e. The number of allylic oxidation sites excluding steroid dienone is 2. The average molecular weight is 904 g/mol. The molecule has 6 heteroatoms. The first-order chi connectivity index (χ1) is 31.5. The van der Waals surface area contributed by atoms with Crippen molar-refractivity contribution in [2.24, 2.45) is 0 Å². The first kappa shape index (κ1) is 62.1. The lowest BCUT2D eigenvalue weighted by atomic mass is 10.0. The van der Waals surface area contributed by atoms with Crippen LogP contribution in [-0.4, -0.2) is 37.2 Å². The van der Waals surface area contributed by atoms with Crippen LogP contribution in [0.4, 0.5) is 0 Å². The molecule has 64 heavy (non-hydrogen) atoms. The standard InChI is InChI=1S/C58H110O6/c1-4-7-10-13-16-19-22-24-26-27-28-29-30-31-32-34-36-39-42-45-48-51-57(60)63-54-55(53-62-56(59)50-47-44-41-38-35-21-18-15-12-9-6-3)64-58(61)52-49-46-43-40-37-33-25-23-20-17-14-11-8-5-2/h27-28,55H,4-26,29-54H2,1-3H3/b28-27-. The summed E-state index contributed by atoms with van der Waals surface area (Å²) in [6.07, 6.45) is 60.6. The summed E-state index contributed by atoms with van der Waals surface area (Å²) in [4.78, 5) is 38.0. The van der Waals surface area contributed by atoms with Crippen molar-refractivity contribution in [1.82, 2.24) is 0 Å². The Bertz CT molecular complexity index is 993. The van der Waals surface area contributed by atoms with Gasteiger partial charge in [0, 0.05) is 19.3 Å². The van der Waals surface area contributed by atoms with Gasteiger partial charge >= 0.3 is 17.9 Å². The maximum atomic E-state index is 12.8. The van der Waals surface area contributed by atoms with E-state index in [-0.39, 0.29) is 31.1 Å². The molecule has 0 aromatic carbocycles. The van der Waals surface area contributed by atoms with E-state index in [2.05, 4.69) is 32.9 Å². The normalized spacial score (nSPS) is 12.0. The number of rotatable bonds is 53. The number of esters is 3. The molecule has 0 amide bonds. The molecule has 0 aliphatic carbocycles. The first-order valence-electron chi connectivity index (χ1n) is 28.7. The van der Waals surface area contributed by atoms with Crippen LogP contribution < -0.4 is 0 Å². The number of hydrogen-bond acceptors (Lipinski definition) is 6. The van der Waals surface area contributed by atoms with E-state index in [9.17, 15) is 14.4 Å². The summed E-state index contributed by atoms with van der Waals surface area (Å²) in [7, 11) is 0. The van der Waals surface area contributed by atoms with Gasteiger partial charge in [0.05, 0.1) is 0 Å². The summed E-state index contributed by atoms with van der Waals surface area (Å²) >= 11 is 0. The van der Waals surface area contributed by atoms with Gasteiger partial charge in [-0.15, -0.1) is 0 Å². The number of carbonyl (C=O) groups is 3. The van der Waals surface area contributed by atoms with Crippen LogP contribution in [0.25, 0.3) is 0 Å². The van der Waals surface area contributed by atoms with Crippen LogP contribution in [0.1, 0.15) is 323 Å². The molecule has 0 saturated heterocycles. The van der Waals surface area contributed by atoms with Crippen LogP contribution in [0, 0.1) is 0 Å². The van der Waals surface area contributed by atoms with Crippen LogP contribution in [0.2, 0.25) is 0 Å². The molecule has 0 bridgehead atoms. The van der Waals surface area contributed by atoms with E-state index in [1.54, 1.807) is 0 Å². The molecule has 0 saturated carbocycles. The van der Waals surface area contributed by atoms with E-state index < -0.39 is 6.10 Å². The molecule has 378 valence electrons. The molecule has 6 nitrogen and oxygen atoms in total. The fraction of sp³-hybridized carbons (Fsp3) is 0.914. The second kappa shape index (κ2) is 53.8. The van der Waals surface area contributed by atoms with E-state index >= 15 is 0 Å². The molecule has 0 aliphatic heterocycles. The fourth-order valence-electron chi connectivity index (χ4n) is 8.68. The number of ether oxygens (including phenoxy) is 3. The Kier molecular flexibility index (Phi) is 52.2. The highest BCUT2D eigenvalue weighted by molar-refractivity contribution is 5.71. The summed E-state index contributed by atoms with van der Waals surface area (Å²) in [5, 5.41) is 0. The molecule has 0 N–H and O–H groups in total. The van der Waals surface area contributed by atoms with Gasteiger partial charge in [0.1, 0.15) is 13.2 Å². The Balaban J connectivity index is 4.24. The van der Waals surface area contributed by atoms with Gasteiger partial charge in [0.15, 0.2) is 6.10 Å². The molecular formula is C58H110O6. The number of carbonyl (C=O) groups excluding carboxylic acids is 3. The number of unbranched alkanes of at least 4 members (excludes halogenated alkanes) is 40. The minimum Gasteiger partial charge on any atom is -0.462 e. The van der Waals surface area contributed by atoms with Gasteiger partial charge in [-0.1, -0.05) is 270 Å². The molecule has 0 aromatic rings. The van der Waals surface area contributed by atoms with Gasteiger partial charge in [-0.2, -0.15) is 0 Å². The Labute approximate surface area is 399 Å². The lowest BCUT2D eigenvalue weighted by molar-refractivity contribution is -0.167. The van der Waals surface area contributed by atoms with Gasteiger partial charge in [-0.3, -0.25) is 14.4 Å². The van der Waals surface area contributed by atoms with Crippen molar-refractivity contribution in [3.8, 4) is 0 Å². The molecule has 0 fully saturated rings. The van der Waals surface area contributed by atoms with Crippen molar-refractivity contribution in [3.05, 3.63) is 12.2 Å². The minimum atomic E-state index is -0.764. The van der Waals surface area contributed by atoms with Crippen molar-refractivity contribution in [2.45, 2.75) is 329 Å². The molecule has 1 unspecified atom stereocenters. The summed E-state index contributed by atoms with van der Waals surface area (Å²) in [6.45, 7) is 6.68. The van der Waals surface area contributed by atoms with Crippen molar-refractivity contribution in [3.63, 3.8) is 0 Å². The van der Waals surface area contributed by atoms with E-state index in [4.69, 9.17) is 14.2 Å². The van der Waals surface area contributed by atoms with Crippen LogP contribution in [-0.2, 0) is 28.6 Å². The highest BCUT2D eigenvalue weighted by atomic mass is 16.6. The Hall–Kier alpha value is -1.85. The van der Waals surface area contributed by atoms with Crippen LogP contribution in [0.15, 0.2) is 12.2 Å². The van der Waals surface area contributed by atoms with Gasteiger partial charge in [0.2, 0.25) is 0 Å². The van der Waals surface area contributed by atoms with E-state index in [1.165, 1.54) is 225 Å². The average Bonchev–Trinajstić information content (AvgIpc) is 3.29. The third-order valence-electron chi connectivity index (χ3n) is 13.0. The first-order valence-corrected chi connectivity index (χ1v) is 28.7. The highest BCUT2D eigenvalue weighted by Gasteiger charge is 2.19. The molecule has 0 aromatic heterocycles. The quantitative estimate of drug-likeness (QED) is 0.0262. The third kappa shape index (κ3) is 51.1. The topological polar surface area (TPSA) is 78.9 Å². The van der Waals surface area contributed by atoms with Crippen LogP contribution in [0.5, 0.6) is 0 Å². The smallest absolute Gasteiger partial charge is 0.306 e. The molecular weight excluding hydrogens is 793 g/mol. The Morgan fingerprint density at radius 3 is 0.781 bits per heavy atom. The fourth-order valence-corrected chi connectivity index (χ4v) is 8.68. The van der Waals surface area contributed by atoms with Crippen molar-refractivity contribution >= 4 is 17.9 Å². The zero-order valence-electron chi connectivity index (χ0n) is 43.3. The molecule has 0 spiro atoms. The predicted molar refractivity (Wildman–Crippen MR) is 275 cm³/mol. The molecule has 0 heterocycles. The van der Waals surface area contributed by atoms with Gasteiger partial charge in [0.25, 0.3) is 0 Å². The second-order valence-corrected chi connectivity index (χ2v) is 19.6. The summed E-state index contributed by atoms with van der Waals surface area (Å²) in [5.74, 6) is -0.846. The Morgan fingerprint density at radius 2 is 0.516 bits per heavy atom. The summed E-state index contributed by atoms with van der Waals surface area (Å²) < 4.78 is 16.9. The van der Waals surface area contributed by atoms with Crippen LogP contribution in [0.3, 0.4) is 0 Å². The maximum absolute atomic E-state index is 12.8. The SMILES string of the molecule is CCCCCCCCCC/C=C\CCCCCCCCCCCC(=O)OCC(COC(=O)CCCCCCCCCCCCC)OC(=O)CCCCCCCCCCCCCCCC. The molecule has 0 radical (unpaired) electrons. The summed E-state index contributed by atoms with van der Waals surface area (Å²) in [5.41, 5.74) is 0. The third-order valence-corrected chi connectivity index (χ3v) is 13.0. The molecule has 1 atom stereocenters. The Morgan fingerprint density at radius 1 is 0.297 bits per heavy atom. The van der Waals surface area contributed by atoms with E-state index in [1.807, 2.05) is 0 Å². The van der Waals surface area contributed by atoms with E-state index in [0.717, 1.165) is 57.8 Å².